The van der Waals surface area contributed by atoms with Gasteiger partial charge < -0.3 is 4.57 Å². The second-order valence-electron chi connectivity index (χ2n) is 9.33. The number of fused-ring (bicyclic) bond motifs is 5. The van der Waals surface area contributed by atoms with Crippen LogP contribution in [0.3, 0.4) is 0 Å². The Kier molecular flexibility index (Phi) is 3.00. The van der Waals surface area contributed by atoms with Crippen LogP contribution in [0.15, 0.2) is 24.8 Å². The topological polar surface area (TPSA) is 34.9 Å². The second-order valence-corrected chi connectivity index (χ2v) is 9.33. The van der Waals surface area contributed by atoms with Crippen molar-refractivity contribution in [2.75, 3.05) is 0 Å². The number of ketones is 1. The van der Waals surface area contributed by atoms with Crippen molar-refractivity contribution < 1.29 is 4.79 Å². The number of hydrogen-bond acceptors (Lipinski definition) is 2. The predicted molar refractivity (Wildman–Crippen MR) is 94.0 cm³/mol. The minimum absolute atomic E-state index is 0.285. The third-order valence-electron chi connectivity index (χ3n) is 8.44. The lowest BCUT2D eigenvalue weighted by Gasteiger charge is -2.57. The van der Waals surface area contributed by atoms with Crippen molar-refractivity contribution in [1.82, 2.24) is 9.55 Å². The van der Waals surface area contributed by atoms with Crippen molar-refractivity contribution in [2.45, 2.75) is 58.8 Å². The highest BCUT2D eigenvalue weighted by Gasteiger charge is 2.60. The molecule has 3 saturated carbocycles. The summed E-state index contributed by atoms with van der Waals surface area (Å²) in [6.07, 6.45) is 16.5. The van der Waals surface area contributed by atoms with Crippen molar-refractivity contribution >= 4 is 11.5 Å². The average molecular weight is 324 g/mol. The summed E-state index contributed by atoms with van der Waals surface area (Å²) in [5.74, 6) is 3.50. The maximum absolute atomic E-state index is 12.2. The Morgan fingerprint density at radius 2 is 2.08 bits per heavy atom. The van der Waals surface area contributed by atoms with E-state index in [-0.39, 0.29) is 5.41 Å². The first-order valence-corrected chi connectivity index (χ1v) is 9.73. The summed E-state index contributed by atoms with van der Waals surface area (Å²) in [7, 11) is 0. The number of hydrogen-bond donors (Lipinski definition) is 0. The molecule has 3 heteroatoms. The molecule has 24 heavy (non-hydrogen) atoms. The summed E-state index contributed by atoms with van der Waals surface area (Å²) >= 11 is 0. The lowest BCUT2D eigenvalue weighted by atomic mass is 9.48. The maximum Gasteiger partial charge on any atom is 0.133 e. The van der Waals surface area contributed by atoms with E-state index in [2.05, 4.69) is 35.7 Å². The van der Waals surface area contributed by atoms with E-state index < -0.39 is 0 Å². The molecule has 0 amide bonds. The Balaban J connectivity index is 1.48. The van der Waals surface area contributed by atoms with Crippen LogP contribution in [-0.4, -0.2) is 15.3 Å². The summed E-state index contributed by atoms with van der Waals surface area (Å²) in [4.78, 5) is 16.4. The van der Waals surface area contributed by atoms with Gasteiger partial charge >= 0.3 is 0 Å². The molecule has 0 aliphatic heterocycles. The molecular weight excluding hydrogens is 296 g/mol. The molecule has 3 nitrogen and oxygen atoms in total. The summed E-state index contributed by atoms with van der Waals surface area (Å²) in [6, 6.07) is 0. The third kappa shape index (κ3) is 1.79. The van der Waals surface area contributed by atoms with Crippen LogP contribution in [0.4, 0.5) is 0 Å². The molecule has 0 N–H and O–H groups in total. The van der Waals surface area contributed by atoms with Gasteiger partial charge in [0.05, 0.1) is 6.33 Å². The molecule has 6 atom stereocenters. The van der Waals surface area contributed by atoms with Crippen LogP contribution in [0, 0.1) is 34.5 Å². The van der Waals surface area contributed by atoms with Crippen molar-refractivity contribution in [3.63, 3.8) is 0 Å². The molecule has 6 unspecified atom stereocenters. The normalized spacial score (nSPS) is 47.1. The molecule has 1 aromatic heterocycles. The van der Waals surface area contributed by atoms with E-state index in [1.54, 1.807) is 0 Å². The third-order valence-corrected chi connectivity index (χ3v) is 8.44. The highest BCUT2D eigenvalue weighted by atomic mass is 16.1. The van der Waals surface area contributed by atoms with Gasteiger partial charge in [0.25, 0.3) is 0 Å². The standard InChI is InChI=1S/C21H28N2O/c1-20-8-7-18-16(4-3-14-11-15(24)12-21(14,18)2)17(20)5-6-19(20)23-10-9-22-13-23/h6,9-10,13-14,16-18H,3-5,7-8,11-12H2,1-2H3. The fourth-order valence-corrected chi connectivity index (χ4v) is 7.26. The lowest BCUT2D eigenvalue weighted by molar-refractivity contribution is -0.118. The van der Waals surface area contributed by atoms with Gasteiger partial charge in [0, 0.05) is 36.3 Å². The summed E-state index contributed by atoms with van der Waals surface area (Å²) in [5, 5.41) is 0. The zero-order chi connectivity index (χ0) is 16.5. The Labute approximate surface area is 144 Å². The molecule has 0 radical (unpaired) electrons. The van der Waals surface area contributed by atoms with Gasteiger partial charge in [0.1, 0.15) is 5.78 Å². The van der Waals surface area contributed by atoms with Crippen LogP contribution in [0.25, 0.3) is 5.70 Å². The Morgan fingerprint density at radius 3 is 2.88 bits per heavy atom. The fraction of sp³-hybridized carbons (Fsp3) is 0.714. The molecular formula is C21H28N2O. The smallest absolute Gasteiger partial charge is 0.133 e. The lowest BCUT2D eigenvalue weighted by Crippen LogP contribution is -2.50. The monoisotopic (exact) mass is 324 g/mol. The first-order chi connectivity index (χ1) is 11.5. The van der Waals surface area contributed by atoms with E-state index in [0.717, 1.165) is 30.6 Å². The van der Waals surface area contributed by atoms with E-state index in [9.17, 15) is 4.79 Å². The molecule has 4 aliphatic carbocycles. The van der Waals surface area contributed by atoms with Crippen molar-refractivity contribution in [3.8, 4) is 0 Å². The zero-order valence-electron chi connectivity index (χ0n) is 14.9. The number of carbonyl (C=O) groups is 1. The molecule has 128 valence electrons. The van der Waals surface area contributed by atoms with E-state index >= 15 is 0 Å². The second kappa shape index (κ2) is 4.83. The van der Waals surface area contributed by atoms with Gasteiger partial charge in [-0.1, -0.05) is 19.9 Å². The van der Waals surface area contributed by atoms with Gasteiger partial charge in [0.15, 0.2) is 0 Å². The number of rotatable bonds is 1. The largest absolute Gasteiger partial charge is 0.310 e. The number of allylic oxidation sites excluding steroid dienone is 2. The van der Waals surface area contributed by atoms with Crippen molar-refractivity contribution in [2.24, 2.45) is 34.5 Å². The average Bonchev–Trinajstić information content (AvgIpc) is 3.22. The highest BCUT2D eigenvalue weighted by Crippen LogP contribution is 2.67. The molecule has 0 spiro atoms. The summed E-state index contributed by atoms with van der Waals surface area (Å²) in [6.45, 7) is 4.93. The minimum atomic E-state index is 0.285. The number of aromatic nitrogens is 2. The molecule has 4 aliphatic rings. The van der Waals surface area contributed by atoms with Crippen LogP contribution in [0.1, 0.15) is 58.8 Å². The number of Topliss-reactive ketones (excluding diaryl/α,β-unsaturated/α-hetero) is 1. The molecule has 0 bridgehead atoms. The number of imidazole rings is 1. The zero-order valence-corrected chi connectivity index (χ0v) is 14.9. The van der Waals surface area contributed by atoms with Gasteiger partial charge in [-0.25, -0.2) is 4.98 Å². The minimum Gasteiger partial charge on any atom is -0.310 e. The molecule has 3 fully saturated rings. The van der Waals surface area contributed by atoms with Gasteiger partial charge in [-0.3, -0.25) is 4.79 Å². The van der Waals surface area contributed by atoms with Crippen LogP contribution in [0.2, 0.25) is 0 Å². The Morgan fingerprint density at radius 1 is 1.21 bits per heavy atom. The van der Waals surface area contributed by atoms with Crippen LogP contribution >= 0.6 is 0 Å². The Bertz CT molecular complexity index is 705. The van der Waals surface area contributed by atoms with Crippen LogP contribution in [-0.2, 0) is 4.79 Å². The number of nitrogens with zero attached hydrogens (tertiary/aromatic N) is 2. The van der Waals surface area contributed by atoms with E-state index in [1.807, 2.05) is 12.5 Å². The van der Waals surface area contributed by atoms with Crippen molar-refractivity contribution in [3.05, 3.63) is 24.8 Å². The van der Waals surface area contributed by atoms with Crippen LogP contribution in [0.5, 0.6) is 0 Å². The van der Waals surface area contributed by atoms with Gasteiger partial charge in [-0.15, -0.1) is 0 Å². The first kappa shape index (κ1) is 14.9. The Hall–Kier alpha value is -1.38. The van der Waals surface area contributed by atoms with Gasteiger partial charge in [-0.05, 0) is 61.2 Å². The van der Waals surface area contributed by atoms with E-state index in [1.165, 1.54) is 37.8 Å². The predicted octanol–water partition coefficient (Wildman–Crippen LogP) is 4.56. The fourth-order valence-electron chi connectivity index (χ4n) is 7.26. The first-order valence-electron chi connectivity index (χ1n) is 9.73. The SMILES string of the molecule is CC12CCC3C(CCC4CC(=O)CC43C)C1CC=C2n1ccnc1. The summed E-state index contributed by atoms with van der Waals surface area (Å²) < 4.78 is 2.24. The summed E-state index contributed by atoms with van der Waals surface area (Å²) in [5.41, 5.74) is 2.05. The highest BCUT2D eigenvalue weighted by molar-refractivity contribution is 5.82. The van der Waals surface area contributed by atoms with Crippen LogP contribution < -0.4 is 0 Å². The van der Waals surface area contributed by atoms with Crippen molar-refractivity contribution in [1.29, 1.82) is 0 Å². The quantitative estimate of drug-likeness (QED) is 0.759. The molecule has 0 saturated heterocycles. The maximum atomic E-state index is 12.2. The molecule has 1 aromatic rings. The molecule has 5 rings (SSSR count). The van der Waals surface area contributed by atoms with E-state index in [0.29, 0.717) is 17.1 Å². The van der Waals surface area contributed by atoms with E-state index in [4.69, 9.17) is 0 Å². The molecule has 0 aromatic carbocycles. The number of carbonyl (C=O) groups excluding carboxylic acids is 1. The molecule has 1 heterocycles. The van der Waals surface area contributed by atoms with Gasteiger partial charge in [0.2, 0.25) is 0 Å². The van der Waals surface area contributed by atoms with Gasteiger partial charge in [-0.2, -0.15) is 0 Å².